The van der Waals surface area contributed by atoms with Crippen molar-refractivity contribution in [2.24, 2.45) is 5.73 Å². The van der Waals surface area contributed by atoms with Crippen LogP contribution in [0.15, 0.2) is 12.1 Å². The van der Waals surface area contributed by atoms with Gasteiger partial charge < -0.3 is 15.4 Å². The van der Waals surface area contributed by atoms with E-state index < -0.39 is 0 Å². The fourth-order valence-electron chi connectivity index (χ4n) is 2.88. The topological polar surface area (TPSA) is 38.5 Å². The molecule has 1 fully saturated rings. The zero-order valence-corrected chi connectivity index (χ0v) is 12.4. The van der Waals surface area contributed by atoms with Crippen molar-refractivity contribution in [1.82, 2.24) is 4.90 Å². The quantitative estimate of drug-likeness (QED) is 0.886. The van der Waals surface area contributed by atoms with E-state index in [0.717, 1.165) is 12.3 Å². The van der Waals surface area contributed by atoms with Gasteiger partial charge in [0.25, 0.3) is 0 Å². The van der Waals surface area contributed by atoms with Crippen molar-refractivity contribution in [2.75, 3.05) is 33.3 Å². The monoisotopic (exact) mass is 262 g/mol. The molecule has 3 heteroatoms. The lowest BCUT2D eigenvalue weighted by Gasteiger charge is -2.25. The van der Waals surface area contributed by atoms with E-state index in [1.165, 1.54) is 42.6 Å². The van der Waals surface area contributed by atoms with Crippen molar-refractivity contribution in [3.63, 3.8) is 0 Å². The average molecular weight is 262 g/mol. The molecule has 1 aliphatic rings. The highest BCUT2D eigenvalue weighted by molar-refractivity contribution is 5.44. The molecule has 1 atom stereocenters. The second-order valence-corrected chi connectivity index (χ2v) is 5.62. The Morgan fingerprint density at radius 1 is 1.21 bits per heavy atom. The van der Waals surface area contributed by atoms with Crippen LogP contribution >= 0.6 is 0 Å². The van der Waals surface area contributed by atoms with Crippen molar-refractivity contribution in [1.29, 1.82) is 0 Å². The Bertz CT molecular complexity index is 425. The Morgan fingerprint density at radius 3 is 2.42 bits per heavy atom. The van der Waals surface area contributed by atoms with Crippen LogP contribution in [0.4, 0.5) is 0 Å². The number of hydrogen-bond acceptors (Lipinski definition) is 3. The maximum atomic E-state index is 6.01. The number of methoxy groups -OCH3 is 1. The lowest BCUT2D eigenvalue weighted by molar-refractivity contribution is 0.310. The lowest BCUT2D eigenvalue weighted by atomic mass is 9.94. The van der Waals surface area contributed by atoms with Gasteiger partial charge in [-0.25, -0.2) is 0 Å². The van der Waals surface area contributed by atoms with Gasteiger partial charge in [-0.1, -0.05) is 6.07 Å². The third kappa shape index (κ3) is 3.28. The van der Waals surface area contributed by atoms with Crippen molar-refractivity contribution >= 4 is 0 Å². The van der Waals surface area contributed by atoms with Gasteiger partial charge in [-0.3, -0.25) is 0 Å². The van der Waals surface area contributed by atoms with E-state index in [1.807, 2.05) is 0 Å². The van der Waals surface area contributed by atoms with Crippen LogP contribution in [-0.4, -0.2) is 38.2 Å². The highest BCUT2D eigenvalue weighted by Gasteiger charge is 2.21. The lowest BCUT2D eigenvalue weighted by Crippen LogP contribution is -2.29. The van der Waals surface area contributed by atoms with Crippen LogP contribution in [-0.2, 0) is 0 Å². The molecule has 3 nitrogen and oxygen atoms in total. The van der Waals surface area contributed by atoms with Gasteiger partial charge in [0.05, 0.1) is 7.11 Å². The van der Waals surface area contributed by atoms with E-state index >= 15 is 0 Å². The summed E-state index contributed by atoms with van der Waals surface area (Å²) in [5.74, 6) is 1.35. The SMILES string of the molecule is COc1cc(C)c(C)cc1C(CN)CN1CCCC1. The molecule has 1 heterocycles. The summed E-state index contributed by atoms with van der Waals surface area (Å²) in [6.45, 7) is 8.43. The predicted octanol–water partition coefficient (Wildman–Crippen LogP) is 2.45. The Hall–Kier alpha value is -1.06. The molecule has 1 aromatic rings. The molecule has 106 valence electrons. The number of likely N-dealkylation sites (tertiary alicyclic amines) is 1. The minimum absolute atomic E-state index is 0.368. The molecular weight excluding hydrogens is 236 g/mol. The third-order valence-corrected chi connectivity index (χ3v) is 4.25. The van der Waals surface area contributed by atoms with Crippen LogP contribution < -0.4 is 10.5 Å². The first-order valence-electron chi connectivity index (χ1n) is 7.23. The third-order valence-electron chi connectivity index (χ3n) is 4.25. The first kappa shape index (κ1) is 14.4. The van der Waals surface area contributed by atoms with E-state index in [1.54, 1.807) is 7.11 Å². The van der Waals surface area contributed by atoms with E-state index in [0.29, 0.717) is 12.5 Å². The Kier molecular flexibility index (Phi) is 4.83. The highest BCUT2D eigenvalue weighted by atomic mass is 16.5. The van der Waals surface area contributed by atoms with Crippen molar-refractivity contribution in [3.8, 4) is 5.75 Å². The summed E-state index contributed by atoms with van der Waals surface area (Å²) < 4.78 is 5.55. The Labute approximate surface area is 116 Å². The van der Waals surface area contributed by atoms with Gasteiger partial charge in [0.2, 0.25) is 0 Å². The number of nitrogens with two attached hydrogens (primary N) is 1. The van der Waals surface area contributed by atoms with Gasteiger partial charge in [-0.05, 0) is 57.0 Å². The van der Waals surface area contributed by atoms with Crippen molar-refractivity contribution in [2.45, 2.75) is 32.6 Å². The molecule has 0 bridgehead atoms. The summed E-state index contributed by atoms with van der Waals surface area (Å²) in [4.78, 5) is 2.52. The van der Waals surface area contributed by atoms with E-state index in [2.05, 4.69) is 30.9 Å². The Balaban J connectivity index is 2.23. The molecule has 0 aliphatic carbocycles. The van der Waals surface area contributed by atoms with Gasteiger partial charge in [-0.15, -0.1) is 0 Å². The minimum atomic E-state index is 0.368. The number of nitrogens with zero attached hydrogens (tertiary/aromatic N) is 1. The van der Waals surface area contributed by atoms with Crippen LogP contribution in [0.1, 0.15) is 35.4 Å². The van der Waals surface area contributed by atoms with E-state index in [9.17, 15) is 0 Å². The number of aryl methyl sites for hydroxylation is 2. The fourth-order valence-corrected chi connectivity index (χ4v) is 2.88. The Morgan fingerprint density at radius 2 is 1.84 bits per heavy atom. The standard InChI is InChI=1S/C16H26N2O/c1-12-8-15(16(19-3)9-13(12)2)14(10-17)11-18-6-4-5-7-18/h8-9,14H,4-7,10-11,17H2,1-3H3. The molecule has 1 aromatic carbocycles. The number of rotatable bonds is 5. The smallest absolute Gasteiger partial charge is 0.122 e. The summed E-state index contributed by atoms with van der Waals surface area (Å²) in [7, 11) is 1.75. The summed E-state index contributed by atoms with van der Waals surface area (Å²) in [6, 6.07) is 4.39. The molecule has 1 unspecified atom stereocenters. The highest BCUT2D eigenvalue weighted by Crippen LogP contribution is 2.30. The van der Waals surface area contributed by atoms with Gasteiger partial charge in [0.1, 0.15) is 5.75 Å². The largest absolute Gasteiger partial charge is 0.496 e. The summed E-state index contributed by atoms with van der Waals surface area (Å²) >= 11 is 0. The maximum Gasteiger partial charge on any atom is 0.122 e. The molecule has 0 spiro atoms. The zero-order valence-electron chi connectivity index (χ0n) is 12.4. The van der Waals surface area contributed by atoms with Gasteiger partial charge in [0, 0.05) is 24.6 Å². The van der Waals surface area contributed by atoms with E-state index in [4.69, 9.17) is 10.5 Å². The van der Waals surface area contributed by atoms with Gasteiger partial charge >= 0.3 is 0 Å². The predicted molar refractivity (Wildman–Crippen MR) is 79.9 cm³/mol. The van der Waals surface area contributed by atoms with Crippen LogP contribution in [0.5, 0.6) is 5.75 Å². The minimum Gasteiger partial charge on any atom is -0.496 e. The van der Waals surface area contributed by atoms with Crippen molar-refractivity contribution < 1.29 is 4.74 Å². The second-order valence-electron chi connectivity index (χ2n) is 5.62. The zero-order chi connectivity index (χ0) is 13.8. The molecule has 0 amide bonds. The molecule has 0 aromatic heterocycles. The number of hydrogen-bond donors (Lipinski definition) is 1. The summed E-state index contributed by atoms with van der Waals surface area (Å²) in [5.41, 5.74) is 9.87. The molecule has 2 rings (SSSR count). The van der Waals surface area contributed by atoms with Crippen LogP contribution in [0, 0.1) is 13.8 Å². The molecule has 1 saturated heterocycles. The van der Waals surface area contributed by atoms with E-state index in [-0.39, 0.29) is 0 Å². The average Bonchev–Trinajstić information content (AvgIpc) is 2.91. The molecule has 0 saturated carbocycles. The summed E-state index contributed by atoms with van der Waals surface area (Å²) in [6.07, 6.45) is 2.64. The molecule has 1 aliphatic heterocycles. The van der Waals surface area contributed by atoms with Crippen LogP contribution in [0.2, 0.25) is 0 Å². The molecular formula is C16H26N2O. The molecule has 2 N–H and O–H groups in total. The van der Waals surface area contributed by atoms with Crippen LogP contribution in [0.3, 0.4) is 0 Å². The van der Waals surface area contributed by atoms with Gasteiger partial charge in [0.15, 0.2) is 0 Å². The normalized spacial score (nSPS) is 17.7. The fraction of sp³-hybridized carbons (Fsp3) is 0.625. The molecule has 0 radical (unpaired) electrons. The first-order valence-corrected chi connectivity index (χ1v) is 7.23. The number of ether oxygens (including phenoxy) is 1. The van der Waals surface area contributed by atoms with Crippen molar-refractivity contribution in [3.05, 3.63) is 28.8 Å². The maximum absolute atomic E-state index is 6.01. The second kappa shape index (κ2) is 6.40. The van der Waals surface area contributed by atoms with Crippen LogP contribution in [0.25, 0.3) is 0 Å². The first-order chi connectivity index (χ1) is 9.15. The number of benzene rings is 1. The van der Waals surface area contributed by atoms with Gasteiger partial charge in [-0.2, -0.15) is 0 Å². The summed E-state index contributed by atoms with van der Waals surface area (Å²) in [5, 5.41) is 0. The molecule has 19 heavy (non-hydrogen) atoms.